The van der Waals surface area contributed by atoms with Crippen LogP contribution < -0.4 is 0 Å². The summed E-state index contributed by atoms with van der Waals surface area (Å²) in [4.78, 5) is 38.6. The van der Waals surface area contributed by atoms with Crippen LogP contribution in [0.5, 0.6) is 0 Å². The quantitative estimate of drug-likeness (QED) is 0.301. The monoisotopic (exact) mass is 394 g/mol. The van der Waals surface area contributed by atoms with E-state index in [9.17, 15) is 14.4 Å². The van der Waals surface area contributed by atoms with E-state index in [0.717, 1.165) is 32.7 Å². The minimum Gasteiger partial charge on any atom is -0.290 e. The van der Waals surface area contributed by atoms with Gasteiger partial charge in [0.15, 0.2) is 0 Å². The lowest BCUT2D eigenvalue weighted by Crippen LogP contribution is -2.29. The molecule has 30 heavy (non-hydrogen) atoms. The third-order valence-electron chi connectivity index (χ3n) is 5.49. The van der Waals surface area contributed by atoms with Gasteiger partial charge in [-0.1, -0.05) is 91.9 Å². The Bertz CT molecular complexity index is 1180. The number of carbonyl (C=O) groups excluding carboxylic acids is 3. The van der Waals surface area contributed by atoms with Crippen molar-refractivity contribution in [3.63, 3.8) is 0 Å². The Morgan fingerprint density at radius 3 is 1.63 bits per heavy atom. The fourth-order valence-electron chi connectivity index (χ4n) is 4.06. The molecule has 0 heterocycles. The van der Waals surface area contributed by atoms with Gasteiger partial charge in [0.05, 0.1) is 5.92 Å². The maximum atomic E-state index is 13.5. The number of ketones is 3. The van der Waals surface area contributed by atoms with Crippen LogP contribution in [-0.4, -0.2) is 17.3 Å². The molecule has 3 nitrogen and oxygen atoms in total. The summed E-state index contributed by atoms with van der Waals surface area (Å²) in [5.41, 5.74) is 1.49. The average Bonchev–Trinajstić information content (AvgIpc) is 2.79. The molecule has 0 aromatic heterocycles. The van der Waals surface area contributed by atoms with Gasteiger partial charge in [-0.2, -0.15) is 0 Å². The predicted octanol–water partition coefficient (Wildman–Crippen LogP) is 5.63. The largest absolute Gasteiger partial charge is 0.290 e. The van der Waals surface area contributed by atoms with E-state index in [-0.39, 0.29) is 6.42 Å². The van der Waals surface area contributed by atoms with Gasteiger partial charge in [-0.15, -0.1) is 0 Å². The van der Waals surface area contributed by atoms with Gasteiger partial charge in [0.2, 0.25) is 11.6 Å². The highest BCUT2D eigenvalue weighted by Crippen LogP contribution is 2.35. The lowest BCUT2D eigenvalue weighted by molar-refractivity contribution is -0.144. The van der Waals surface area contributed by atoms with Crippen molar-refractivity contribution in [1.82, 2.24) is 0 Å². The third kappa shape index (κ3) is 3.55. The molecule has 0 amide bonds. The second-order valence-electron chi connectivity index (χ2n) is 7.44. The molecular weight excluding hydrogens is 372 g/mol. The van der Waals surface area contributed by atoms with Gasteiger partial charge in [-0.3, -0.25) is 14.4 Å². The van der Waals surface area contributed by atoms with E-state index in [1.807, 2.05) is 91.9 Å². The van der Waals surface area contributed by atoms with Crippen LogP contribution in [0.3, 0.4) is 0 Å². The van der Waals surface area contributed by atoms with Crippen molar-refractivity contribution < 1.29 is 14.4 Å². The van der Waals surface area contributed by atoms with Crippen LogP contribution in [-0.2, 0) is 14.4 Å². The lowest BCUT2D eigenvalue weighted by atomic mass is 9.81. The minimum absolute atomic E-state index is 0.0857. The first-order valence-electron chi connectivity index (χ1n) is 10.2. The molecule has 0 aliphatic rings. The zero-order valence-electron chi connectivity index (χ0n) is 16.8. The molecule has 4 rings (SSSR count). The summed E-state index contributed by atoms with van der Waals surface area (Å²) in [6.07, 6.45) is 0.618. The van der Waals surface area contributed by atoms with Crippen molar-refractivity contribution in [2.24, 2.45) is 0 Å². The molecule has 4 aromatic rings. The second-order valence-corrected chi connectivity index (χ2v) is 7.44. The van der Waals surface area contributed by atoms with E-state index in [4.69, 9.17) is 0 Å². The van der Waals surface area contributed by atoms with Crippen LogP contribution in [0, 0.1) is 0 Å². The topological polar surface area (TPSA) is 51.2 Å². The highest BCUT2D eigenvalue weighted by Gasteiger charge is 2.33. The first-order chi connectivity index (χ1) is 14.6. The van der Waals surface area contributed by atoms with E-state index in [1.54, 1.807) is 0 Å². The summed E-state index contributed by atoms with van der Waals surface area (Å²) in [7, 11) is 0. The summed E-state index contributed by atoms with van der Waals surface area (Å²) < 4.78 is 0. The summed E-state index contributed by atoms with van der Waals surface area (Å²) in [6.45, 7) is 1.82. The van der Waals surface area contributed by atoms with Crippen LogP contribution in [0.4, 0.5) is 0 Å². The number of fused-ring (bicyclic) bond motifs is 2. The fourth-order valence-corrected chi connectivity index (χ4v) is 4.06. The summed E-state index contributed by atoms with van der Waals surface area (Å²) >= 11 is 0. The van der Waals surface area contributed by atoms with E-state index >= 15 is 0 Å². The Morgan fingerprint density at radius 2 is 1.13 bits per heavy atom. The second kappa shape index (κ2) is 8.42. The van der Waals surface area contributed by atoms with Crippen LogP contribution in [0.2, 0.25) is 0 Å². The van der Waals surface area contributed by atoms with E-state index in [0.29, 0.717) is 6.42 Å². The molecule has 0 saturated heterocycles. The van der Waals surface area contributed by atoms with Gasteiger partial charge in [-0.25, -0.2) is 0 Å². The lowest BCUT2D eigenvalue weighted by Gasteiger charge is -2.20. The zero-order chi connectivity index (χ0) is 21.1. The molecular formula is C27H22O3. The smallest absolute Gasteiger partial charge is 0.265 e. The summed E-state index contributed by atoms with van der Waals surface area (Å²) in [5, 5.41) is 3.78. The molecule has 148 valence electrons. The molecule has 0 unspecified atom stereocenters. The molecule has 0 saturated carbocycles. The van der Waals surface area contributed by atoms with Crippen LogP contribution in [0.25, 0.3) is 21.5 Å². The maximum Gasteiger partial charge on any atom is 0.265 e. The zero-order valence-corrected chi connectivity index (χ0v) is 16.8. The van der Waals surface area contributed by atoms with Gasteiger partial charge < -0.3 is 0 Å². The van der Waals surface area contributed by atoms with E-state index in [1.165, 1.54) is 0 Å². The Balaban J connectivity index is 1.97. The van der Waals surface area contributed by atoms with Gasteiger partial charge in [0.1, 0.15) is 0 Å². The first kappa shape index (κ1) is 19.7. The highest BCUT2D eigenvalue weighted by atomic mass is 16.2. The van der Waals surface area contributed by atoms with Crippen molar-refractivity contribution >= 4 is 38.9 Å². The third-order valence-corrected chi connectivity index (χ3v) is 5.49. The Hall–Kier alpha value is -3.59. The standard InChI is InChI=1S/C27H22O3/c1-2-9-24(28)26(29)27(30)25(22-16-7-12-18-10-3-5-14-20(18)22)23-17-8-13-19-11-4-6-15-21(19)23/h3-8,10-17,25H,2,9H2,1H3. The van der Waals surface area contributed by atoms with Crippen molar-refractivity contribution in [1.29, 1.82) is 0 Å². The molecule has 3 heteroatoms. The van der Waals surface area contributed by atoms with Gasteiger partial charge in [-0.05, 0) is 39.1 Å². The van der Waals surface area contributed by atoms with Crippen molar-refractivity contribution in [3.8, 4) is 0 Å². The average molecular weight is 394 g/mol. The molecule has 0 N–H and O–H groups in total. The van der Waals surface area contributed by atoms with Gasteiger partial charge in [0, 0.05) is 6.42 Å². The van der Waals surface area contributed by atoms with Gasteiger partial charge in [0.25, 0.3) is 5.78 Å². The van der Waals surface area contributed by atoms with Crippen LogP contribution in [0.15, 0.2) is 84.9 Å². The van der Waals surface area contributed by atoms with Crippen LogP contribution >= 0.6 is 0 Å². The van der Waals surface area contributed by atoms with Gasteiger partial charge >= 0.3 is 0 Å². The number of hydrogen-bond donors (Lipinski definition) is 0. The highest BCUT2D eigenvalue weighted by molar-refractivity contribution is 6.65. The summed E-state index contributed by atoms with van der Waals surface area (Å²) in [5.74, 6) is -3.03. The van der Waals surface area contributed by atoms with E-state index < -0.39 is 23.3 Å². The van der Waals surface area contributed by atoms with Crippen molar-refractivity contribution in [2.75, 3.05) is 0 Å². The Labute approximate surface area is 175 Å². The number of carbonyl (C=O) groups is 3. The first-order valence-corrected chi connectivity index (χ1v) is 10.2. The van der Waals surface area contributed by atoms with Crippen LogP contribution in [0.1, 0.15) is 36.8 Å². The van der Waals surface area contributed by atoms with Crippen molar-refractivity contribution in [3.05, 3.63) is 96.1 Å². The Morgan fingerprint density at radius 1 is 0.667 bits per heavy atom. The normalized spacial score (nSPS) is 11.1. The number of benzene rings is 4. The number of rotatable bonds is 7. The SMILES string of the molecule is CCCC(=O)C(=O)C(=O)C(c1cccc2ccccc12)c1cccc2ccccc12. The molecule has 0 aliphatic heterocycles. The van der Waals surface area contributed by atoms with E-state index in [2.05, 4.69) is 0 Å². The maximum absolute atomic E-state index is 13.5. The predicted molar refractivity (Wildman–Crippen MR) is 120 cm³/mol. The minimum atomic E-state index is -0.914. The summed E-state index contributed by atoms with van der Waals surface area (Å²) in [6, 6.07) is 27.1. The molecule has 4 aromatic carbocycles. The fraction of sp³-hybridized carbons (Fsp3) is 0.148. The molecule has 0 atom stereocenters. The molecule has 0 spiro atoms. The number of Topliss-reactive ketones (excluding diaryl/α,β-unsaturated/α-hetero) is 3. The Kier molecular flexibility index (Phi) is 5.53. The molecule has 0 fully saturated rings. The molecule has 0 aliphatic carbocycles. The molecule has 0 bridgehead atoms. The number of hydrogen-bond acceptors (Lipinski definition) is 3. The molecule has 0 radical (unpaired) electrons. The van der Waals surface area contributed by atoms with Crippen molar-refractivity contribution in [2.45, 2.75) is 25.7 Å².